The smallest absolute Gasteiger partial charge is 0.336 e. The van der Waals surface area contributed by atoms with Crippen LogP contribution in [0.4, 0.5) is 0 Å². The van der Waals surface area contributed by atoms with E-state index in [0.29, 0.717) is 16.9 Å². The van der Waals surface area contributed by atoms with E-state index in [1.165, 1.54) is 18.2 Å². The van der Waals surface area contributed by atoms with Crippen LogP contribution in [0.5, 0.6) is 11.5 Å². The van der Waals surface area contributed by atoms with Gasteiger partial charge in [0.2, 0.25) is 0 Å². The fourth-order valence-electron chi connectivity index (χ4n) is 4.46. The molecule has 5 aromatic rings. The molecule has 0 atom stereocenters. The van der Waals surface area contributed by atoms with Gasteiger partial charge in [-0.3, -0.25) is 0 Å². The summed E-state index contributed by atoms with van der Waals surface area (Å²) in [6, 6.07) is 35.3. The summed E-state index contributed by atoms with van der Waals surface area (Å²) in [5, 5.41) is 19.0. The zero-order chi connectivity index (χ0) is 27.4. The Morgan fingerprint density at radius 2 is 1.10 bits per heavy atom. The fraction of sp³-hybridized carbons (Fsp3) is 0. The first-order valence-corrected chi connectivity index (χ1v) is 12.1. The molecule has 0 spiro atoms. The minimum atomic E-state index is -1.37. The molecule has 5 nitrogen and oxygen atoms in total. The van der Waals surface area contributed by atoms with E-state index < -0.39 is 11.9 Å². The minimum absolute atomic E-state index is 0.155. The Labute approximate surface area is 225 Å². The third-order valence-electron chi connectivity index (χ3n) is 6.36. The third-order valence-corrected chi connectivity index (χ3v) is 6.36. The van der Waals surface area contributed by atoms with Crippen molar-refractivity contribution < 1.29 is 24.5 Å². The SMILES string of the molecule is C#Cc1c(-c2ccc(-c3ccccc3)cc2)ccc(-c2ccccc2)c1Oc1ccc(C(=O)O)c(C(=O)O)c1. The van der Waals surface area contributed by atoms with Gasteiger partial charge in [0, 0.05) is 11.1 Å². The Bertz CT molecular complexity index is 1710. The largest absolute Gasteiger partial charge is 0.478 e. The zero-order valence-electron chi connectivity index (χ0n) is 20.7. The summed E-state index contributed by atoms with van der Waals surface area (Å²) < 4.78 is 6.27. The minimum Gasteiger partial charge on any atom is -0.478 e. The van der Waals surface area contributed by atoms with E-state index in [4.69, 9.17) is 11.2 Å². The lowest BCUT2D eigenvalue weighted by Gasteiger charge is -2.18. The Morgan fingerprint density at radius 3 is 1.69 bits per heavy atom. The van der Waals surface area contributed by atoms with E-state index in [0.717, 1.165) is 27.8 Å². The summed E-state index contributed by atoms with van der Waals surface area (Å²) in [4.78, 5) is 23.3. The number of benzene rings is 5. The van der Waals surface area contributed by atoms with Gasteiger partial charge < -0.3 is 14.9 Å². The fourth-order valence-corrected chi connectivity index (χ4v) is 4.46. The van der Waals surface area contributed by atoms with Gasteiger partial charge in [-0.1, -0.05) is 96.9 Å². The lowest BCUT2D eigenvalue weighted by atomic mass is 9.92. The molecule has 5 heteroatoms. The van der Waals surface area contributed by atoms with Gasteiger partial charge in [0.15, 0.2) is 5.75 Å². The maximum Gasteiger partial charge on any atom is 0.336 e. The first-order chi connectivity index (χ1) is 19.0. The third kappa shape index (κ3) is 5.13. The molecule has 0 aliphatic carbocycles. The molecule has 0 amide bonds. The van der Waals surface area contributed by atoms with Gasteiger partial charge in [0.05, 0.1) is 16.7 Å². The van der Waals surface area contributed by atoms with Crippen molar-refractivity contribution in [3.05, 3.63) is 132 Å². The van der Waals surface area contributed by atoms with Crippen LogP contribution in [0.1, 0.15) is 26.3 Å². The summed E-state index contributed by atoms with van der Waals surface area (Å²) in [5.41, 5.74) is 5.18. The van der Waals surface area contributed by atoms with Crippen LogP contribution in [0.15, 0.2) is 115 Å². The summed E-state index contributed by atoms with van der Waals surface area (Å²) in [6.45, 7) is 0. The Hall–Kier alpha value is -5.60. The summed E-state index contributed by atoms with van der Waals surface area (Å²) >= 11 is 0. The number of carboxylic acids is 2. The molecule has 0 saturated heterocycles. The van der Waals surface area contributed by atoms with Crippen molar-refractivity contribution >= 4 is 11.9 Å². The normalized spacial score (nSPS) is 10.4. The van der Waals surface area contributed by atoms with Crippen molar-refractivity contribution in [2.45, 2.75) is 0 Å². The number of carboxylic acid groups (broad SMARTS) is 2. The maximum absolute atomic E-state index is 11.8. The van der Waals surface area contributed by atoms with Gasteiger partial charge in [-0.15, -0.1) is 6.42 Å². The molecule has 0 fully saturated rings. The first-order valence-electron chi connectivity index (χ1n) is 12.1. The predicted molar refractivity (Wildman–Crippen MR) is 151 cm³/mol. The van der Waals surface area contributed by atoms with E-state index in [2.05, 4.69) is 5.92 Å². The van der Waals surface area contributed by atoms with Gasteiger partial charge in [-0.2, -0.15) is 0 Å². The van der Waals surface area contributed by atoms with Crippen molar-refractivity contribution in [1.29, 1.82) is 0 Å². The number of hydrogen-bond donors (Lipinski definition) is 2. The molecule has 188 valence electrons. The Morgan fingerprint density at radius 1 is 0.590 bits per heavy atom. The van der Waals surface area contributed by atoms with Gasteiger partial charge in [0.1, 0.15) is 5.75 Å². The molecule has 0 aliphatic heterocycles. The van der Waals surface area contributed by atoms with Crippen LogP contribution in [0.25, 0.3) is 33.4 Å². The van der Waals surface area contributed by atoms with Crippen molar-refractivity contribution in [1.82, 2.24) is 0 Å². The van der Waals surface area contributed by atoms with Crippen molar-refractivity contribution in [3.8, 4) is 57.2 Å². The van der Waals surface area contributed by atoms with Crippen LogP contribution >= 0.6 is 0 Å². The number of hydrogen-bond acceptors (Lipinski definition) is 3. The van der Waals surface area contributed by atoms with Crippen LogP contribution < -0.4 is 4.74 Å². The Balaban J connectivity index is 1.64. The second-order valence-corrected chi connectivity index (χ2v) is 8.74. The molecule has 0 aromatic heterocycles. The number of terminal acetylenes is 1. The number of ether oxygens (including phenoxy) is 1. The Kier molecular flexibility index (Phi) is 6.94. The van der Waals surface area contributed by atoms with Crippen LogP contribution in [0.3, 0.4) is 0 Å². The second-order valence-electron chi connectivity index (χ2n) is 8.74. The number of rotatable bonds is 7. The molecule has 0 radical (unpaired) electrons. The predicted octanol–water partition coefficient (Wildman–Crippen LogP) is 7.86. The molecule has 5 rings (SSSR count). The monoisotopic (exact) mass is 510 g/mol. The van der Waals surface area contributed by atoms with Crippen LogP contribution in [-0.2, 0) is 0 Å². The standard InChI is InChI=1S/C34H22O5/c1-2-27-28(25-15-13-23(14-16-25)22-9-5-3-6-10-22)19-20-29(24-11-7-4-8-12-24)32(27)39-26-17-18-30(33(35)36)31(21-26)34(37)38/h1,3-21H,(H,35,36)(H,37,38). The van der Waals surface area contributed by atoms with E-state index in [1.54, 1.807) is 0 Å². The van der Waals surface area contributed by atoms with E-state index >= 15 is 0 Å². The highest BCUT2D eigenvalue weighted by molar-refractivity contribution is 6.02. The van der Waals surface area contributed by atoms with Gasteiger partial charge in [0.25, 0.3) is 0 Å². The average Bonchev–Trinajstić information content (AvgIpc) is 2.97. The highest BCUT2D eigenvalue weighted by Crippen LogP contribution is 2.41. The lowest BCUT2D eigenvalue weighted by molar-refractivity contribution is 0.0651. The molecule has 2 N–H and O–H groups in total. The van der Waals surface area contributed by atoms with Gasteiger partial charge >= 0.3 is 11.9 Å². The second kappa shape index (κ2) is 10.8. The highest BCUT2D eigenvalue weighted by Gasteiger charge is 2.20. The van der Waals surface area contributed by atoms with Crippen LogP contribution in [0, 0.1) is 12.3 Å². The maximum atomic E-state index is 11.8. The summed E-state index contributed by atoms with van der Waals surface area (Å²) in [5.74, 6) is 0.586. The van der Waals surface area contributed by atoms with E-state index in [1.807, 2.05) is 97.1 Å². The van der Waals surface area contributed by atoms with Crippen LogP contribution in [-0.4, -0.2) is 22.2 Å². The van der Waals surface area contributed by atoms with Crippen molar-refractivity contribution in [2.75, 3.05) is 0 Å². The zero-order valence-corrected chi connectivity index (χ0v) is 20.7. The molecule has 0 saturated carbocycles. The van der Waals surface area contributed by atoms with Crippen molar-refractivity contribution in [2.24, 2.45) is 0 Å². The number of aromatic carboxylic acids is 2. The first kappa shape index (κ1) is 25.1. The molecule has 0 heterocycles. The molecular formula is C34H22O5. The molecule has 0 bridgehead atoms. The lowest BCUT2D eigenvalue weighted by Crippen LogP contribution is -2.08. The quantitative estimate of drug-likeness (QED) is 0.218. The van der Waals surface area contributed by atoms with Crippen molar-refractivity contribution in [3.63, 3.8) is 0 Å². The average molecular weight is 511 g/mol. The van der Waals surface area contributed by atoms with Crippen LogP contribution in [0.2, 0.25) is 0 Å². The summed E-state index contributed by atoms with van der Waals surface area (Å²) in [6.07, 6.45) is 6.05. The number of carbonyl (C=O) groups is 2. The topological polar surface area (TPSA) is 83.8 Å². The molecule has 39 heavy (non-hydrogen) atoms. The van der Waals surface area contributed by atoms with Gasteiger partial charge in [-0.05, 0) is 46.5 Å². The molecule has 0 unspecified atom stereocenters. The van der Waals surface area contributed by atoms with Gasteiger partial charge in [-0.25, -0.2) is 9.59 Å². The summed E-state index contributed by atoms with van der Waals surface area (Å²) in [7, 11) is 0. The molecule has 5 aromatic carbocycles. The molecule has 0 aliphatic rings. The highest BCUT2D eigenvalue weighted by atomic mass is 16.5. The van der Waals surface area contributed by atoms with E-state index in [9.17, 15) is 19.8 Å². The molecular weight excluding hydrogens is 488 g/mol. The van der Waals surface area contributed by atoms with E-state index in [-0.39, 0.29) is 16.9 Å².